The Labute approximate surface area is 154 Å². The first-order valence-corrected chi connectivity index (χ1v) is 8.14. The molecule has 7 heteroatoms. The lowest BCUT2D eigenvalue weighted by Crippen LogP contribution is -1.94. The molecule has 0 saturated heterocycles. The number of ether oxygens (including phenoxy) is 1. The summed E-state index contributed by atoms with van der Waals surface area (Å²) in [6.07, 6.45) is 6.21. The number of aryl methyl sites for hydroxylation is 1. The van der Waals surface area contributed by atoms with E-state index >= 15 is 0 Å². The van der Waals surface area contributed by atoms with E-state index in [2.05, 4.69) is 5.10 Å². The summed E-state index contributed by atoms with van der Waals surface area (Å²) >= 11 is 12.0. The number of hydrogen-bond donors (Lipinski definition) is 0. The molecule has 0 aliphatic heterocycles. The maximum absolute atomic E-state index is 12.0. The van der Waals surface area contributed by atoms with Gasteiger partial charge in [-0.1, -0.05) is 23.2 Å². The van der Waals surface area contributed by atoms with Crippen LogP contribution in [0.15, 0.2) is 53.2 Å². The summed E-state index contributed by atoms with van der Waals surface area (Å²) in [7, 11) is 1.76. The van der Waals surface area contributed by atoms with Crippen LogP contribution in [0.5, 0.6) is 5.75 Å². The van der Waals surface area contributed by atoms with Crippen molar-refractivity contribution in [3.63, 3.8) is 0 Å². The van der Waals surface area contributed by atoms with E-state index in [4.69, 9.17) is 32.4 Å². The first kappa shape index (κ1) is 17.3. The Morgan fingerprint density at radius 1 is 1.32 bits per heavy atom. The zero-order chi connectivity index (χ0) is 17.8. The van der Waals surface area contributed by atoms with Crippen molar-refractivity contribution < 1.29 is 13.9 Å². The van der Waals surface area contributed by atoms with Crippen molar-refractivity contribution in [3.05, 3.63) is 75.9 Å². The van der Waals surface area contributed by atoms with E-state index in [1.807, 2.05) is 0 Å². The molecule has 0 unspecified atom stereocenters. The second kappa shape index (κ2) is 7.59. The van der Waals surface area contributed by atoms with Gasteiger partial charge in [-0.15, -0.1) is 0 Å². The van der Waals surface area contributed by atoms with Crippen LogP contribution in [0.3, 0.4) is 0 Å². The molecule has 3 aromatic rings. The molecular formula is C18H14Cl2N2O3. The minimum Gasteiger partial charge on any atom is -0.484 e. The topological polar surface area (TPSA) is 57.3 Å². The molecule has 0 N–H and O–H groups in total. The van der Waals surface area contributed by atoms with Crippen molar-refractivity contribution in [3.8, 4) is 5.75 Å². The van der Waals surface area contributed by atoms with Gasteiger partial charge in [0.2, 0.25) is 0 Å². The fourth-order valence-electron chi connectivity index (χ4n) is 2.10. The fourth-order valence-corrected chi connectivity index (χ4v) is 2.44. The molecule has 128 valence electrons. The van der Waals surface area contributed by atoms with E-state index < -0.39 is 0 Å². The van der Waals surface area contributed by atoms with E-state index in [1.54, 1.807) is 54.3 Å². The Morgan fingerprint density at radius 2 is 2.16 bits per heavy atom. The minimum absolute atomic E-state index is 0.145. The molecule has 0 spiro atoms. The number of halogens is 2. The average molecular weight is 377 g/mol. The number of hydrogen-bond acceptors (Lipinski definition) is 4. The molecule has 3 rings (SSSR count). The standard InChI is InChI=1S/C18H14Cl2N2O3/c1-22-10-12(9-21-22)17(23)7-5-14-3-4-15(25-14)11-24-18-8-13(19)2-6-16(18)20/h2-10H,11H2,1H3. The Bertz CT molecular complexity index is 928. The van der Waals surface area contributed by atoms with Gasteiger partial charge in [-0.2, -0.15) is 5.10 Å². The molecule has 0 aliphatic carbocycles. The van der Waals surface area contributed by atoms with Gasteiger partial charge in [0.05, 0.1) is 16.8 Å². The molecular weight excluding hydrogens is 363 g/mol. The van der Waals surface area contributed by atoms with Crippen molar-refractivity contribution >= 4 is 35.1 Å². The number of benzene rings is 1. The zero-order valence-electron chi connectivity index (χ0n) is 13.3. The van der Waals surface area contributed by atoms with Crippen LogP contribution in [0.4, 0.5) is 0 Å². The summed E-state index contributed by atoms with van der Waals surface area (Å²) in [6, 6.07) is 8.52. The smallest absolute Gasteiger partial charge is 0.189 e. The van der Waals surface area contributed by atoms with Crippen LogP contribution in [0.25, 0.3) is 6.08 Å². The number of aromatic nitrogens is 2. The van der Waals surface area contributed by atoms with Crippen LogP contribution in [-0.4, -0.2) is 15.6 Å². The van der Waals surface area contributed by atoms with E-state index in [9.17, 15) is 4.79 Å². The third-order valence-electron chi connectivity index (χ3n) is 3.33. The van der Waals surface area contributed by atoms with Gasteiger partial charge in [0.15, 0.2) is 5.78 Å². The zero-order valence-corrected chi connectivity index (χ0v) is 14.8. The fraction of sp³-hybridized carbons (Fsp3) is 0.111. The summed E-state index contributed by atoms with van der Waals surface area (Å²) in [5.74, 6) is 1.49. The van der Waals surface area contributed by atoms with Gasteiger partial charge in [-0.25, -0.2) is 0 Å². The highest BCUT2D eigenvalue weighted by Gasteiger charge is 2.07. The van der Waals surface area contributed by atoms with E-state index in [0.29, 0.717) is 32.9 Å². The number of ketones is 1. The van der Waals surface area contributed by atoms with E-state index in [-0.39, 0.29) is 12.4 Å². The second-order valence-electron chi connectivity index (χ2n) is 5.27. The van der Waals surface area contributed by atoms with Crippen LogP contribution in [0, 0.1) is 0 Å². The van der Waals surface area contributed by atoms with Crippen LogP contribution < -0.4 is 4.74 Å². The molecule has 0 aliphatic rings. The normalized spacial score (nSPS) is 11.2. The molecule has 2 aromatic heterocycles. The molecule has 0 amide bonds. The summed E-state index contributed by atoms with van der Waals surface area (Å²) < 4.78 is 12.8. The molecule has 0 bridgehead atoms. The van der Waals surface area contributed by atoms with Crippen LogP contribution in [0.1, 0.15) is 21.9 Å². The Hall–Kier alpha value is -2.50. The highest BCUT2D eigenvalue weighted by molar-refractivity contribution is 6.34. The number of carbonyl (C=O) groups excluding carboxylic acids is 1. The quantitative estimate of drug-likeness (QED) is 0.458. The lowest BCUT2D eigenvalue weighted by molar-refractivity contribution is 0.104. The summed E-state index contributed by atoms with van der Waals surface area (Å²) in [5, 5.41) is 4.97. The van der Waals surface area contributed by atoms with Gasteiger partial charge in [-0.3, -0.25) is 9.48 Å². The molecule has 5 nitrogen and oxygen atoms in total. The molecule has 0 radical (unpaired) electrons. The third kappa shape index (κ3) is 4.53. The Balaban J connectivity index is 1.61. The molecule has 0 saturated carbocycles. The van der Waals surface area contributed by atoms with E-state index in [0.717, 1.165) is 0 Å². The van der Waals surface area contributed by atoms with E-state index in [1.165, 1.54) is 12.3 Å². The summed E-state index contributed by atoms with van der Waals surface area (Å²) in [5.41, 5.74) is 0.518. The van der Waals surface area contributed by atoms with Crippen molar-refractivity contribution in [2.24, 2.45) is 7.05 Å². The summed E-state index contributed by atoms with van der Waals surface area (Å²) in [6.45, 7) is 0.199. The Kier molecular flexibility index (Phi) is 5.26. The van der Waals surface area contributed by atoms with Crippen molar-refractivity contribution in [1.29, 1.82) is 0 Å². The molecule has 0 fully saturated rings. The Morgan fingerprint density at radius 3 is 2.92 bits per heavy atom. The maximum Gasteiger partial charge on any atom is 0.189 e. The summed E-state index contributed by atoms with van der Waals surface area (Å²) in [4.78, 5) is 12.0. The first-order chi connectivity index (χ1) is 12.0. The lowest BCUT2D eigenvalue weighted by Gasteiger charge is -2.06. The lowest BCUT2D eigenvalue weighted by atomic mass is 10.2. The predicted molar refractivity (Wildman–Crippen MR) is 96.1 cm³/mol. The molecule has 25 heavy (non-hydrogen) atoms. The van der Waals surface area contributed by atoms with Gasteiger partial charge in [0, 0.05) is 24.3 Å². The van der Waals surface area contributed by atoms with Gasteiger partial charge >= 0.3 is 0 Å². The highest BCUT2D eigenvalue weighted by Crippen LogP contribution is 2.28. The molecule has 0 atom stereocenters. The van der Waals surface area contributed by atoms with Gasteiger partial charge in [0.25, 0.3) is 0 Å². The monoisotopic (exact) mass is 376 g/mol. The minimum atomic E-state index is -0.145. The predicted octanol–water partition coefficient (Wildman–Crippen LogP) is 4.80. The van der Waals surface area contributed by atoms with Crippen LogP contribution in [0.2, 0.25) is 10.0 Å². The van der Waals surface area contributed by atoms with Crippen molar-refractivity contribution in [2.45, 2.75) is 6.61 Å². The first-order valence-electron chi connectivity index (χ1n) is 7.39. The average Bonchev–Trinajstić information content (AvgIpc) is 3.22. The van der Waals surface area contributed by atoms with Crippen LogP contribution in [-0.2, 0) is 13.7 Å². The van der Waals surface area contributed by atoms with Crippen molar-refractivity contribution in [1.82, 2.24) is 9.78 Å². The number of furan rings is 1. The highest BCUT2D eigenvalue weighted by atomic mass is 35.5. The van der Waals surface area contributed by atoms with Crippen LogP contribution >= 0.6 is 23.2 Å². The molecule has 1 aromatic carbocycles. The SMILES string of the molecule is Cn1cc(C(=O)C=Cc2ccc(COc3cc(Cl)ccc3Cl)o2)cn1. The van der Waals surface area contributed by atoms with Crippen molar-refractivity contribution in [2.75, 3.05) is 0 Å². The second-order valence-corrected chi connectivity index (χ2v) is 6.11. The number of rotatable bonds is 6. The van der Waals surface area contributed by atoms with Gasteiger partial charge in [0.1, 0.15) is 23.9 Å². The number of carbonyl (C=O) groups is 1. The number of nitrogens with zero attached hydrogens (tertiary/aromatic N) is 2. The third-order valence-corrected chi connectivity index (χ3v) is 3.88. The number of allylic oxidation sites excluding steroid dienone is 1. The van der Waals surface area contributed by atoms with Gasteiger partial charge < -0.3 is 9.15 Å². The largest absolute Gasteiger partial charge is 0.484 e. The van der Waals surface area contributed by atoms with Gasteiger partial charge in [-0.05, 0) is 36.4 Å². The maximum atomic E-state index is 12.0. The molecule has 2 heterocycles.